The first-order valence-electron chi connectivity index (χ1n) is 5.97. The molecule has 0 saturated heterocycles. The molecule has 1 unspecified atom stereocenters. The maximum absolute atomic E-state index is 9.52. The number of rotatable bonds is 2. The predicted octanol–water partition coefficient (Wildman–Crippen LogP) is 4.31. The van der Waals surface area contributed by atoms with Crippen molar-refractivity contribution in [3.63, 3.8) is 0 Å². The third-order valence-electron chi connectivity index (χ3n) is 2.98. The second kappa shape index (κ2) is 4.79. The summed E-state index contributed by atoms with van der Waals surface area (Å²) < 4.78 is 6.61. The third-order valence-corrected chi connectivity index (χ3v) is 3.42. The largest absolute Gasteiger partial charge is 0.458 e. The Hall–Kier alpha value is -1.65. The average Bonchev–Trinajstić information content (AvgIpc) is 2.87. The molecule has 4 heteroatoms. The van der Waals surface area contributed by atoms with Crippen LogP contribution < -0.4 is 0 Å². The van der Waals surface area contributed by atoms with Gasteiger partial charge in [0.2, 0.25) is 0 Å². The molecule has 3 aromatic rings. The van der Waals surface area contributed by atoms with Gasteiger partial charge in [0.05, 0.1) is 5.52 Å². The van der Waals surface area contributed by atoms with Crippen molar-refractivity contribution in [1.82, 2.24) is 4.98 Å². The van der Waals surface area contributed by atoms with Gasteiger partial charge in [-0.25, -0.2) is 0 Å². The van der Waals surface area contributed by atoms with E-state index < -0.39 is 6.10 Å². The predicted molar refractivity (Wildman–Crippen MR) is 77.8 cm³/mol. The van der Waals surface area contributed by atoms with Crippen LogP contribution in [0.1, 0.15) is 18.8 Å². The number of aliphatic hydroxyl groups excluding tert-OH is 1. The molecular weight excluding hydrogens is 306 g/mol. The van der Waals surface area contributed by atoms with Crippen LogP contribution in [0.3, 0.4) is 0 Å². The first-order chi connectivity index (χ1) is 9.15. The maximum atomic E-state index is 9.52. The van der Waals surface area contributed by atoms with Crippen molar-refractivity contribution in [2.24, 2.45) is 0 Å². The highest BCUT2D eigenvalue weighted by Crippen LogP contribution is 2.31. The molecule has 0 aliphatic carbocycles. The Morgan fingerprint density at radius 2 is 2.11 bits per heavy atom. The third kappa shape index (κ3) is 2.29. The van der Waals surface area contributed by atoms with Crippen LogP contribution >= 0.6 is 15.9 Å². The molecular formula is C15H12BrNO2. The molecule has 0 radical (unpaired) electrons. The zero-order valence-electron chi connectivity index (χ0n) is 10.3. The first kappa shape index (κ1) is 12.4. The lowest BCUT2D eigenvalue weighted by Gasteiger charge is -2.04. The van der Waals surface area contributed by atoms with Crippen molar-refractivity contribution in [1.29, 1.82) is 0 Å². The van der Waals surface area contributed by atoms with E-state index >= 15 is 0 Å². The smallest absolute Gasteiger partial charge is 0.136 e. The Balaban J connectivity index is 2.18. The first-order valence-corrected chi connectivity index (χ1v) is 6.77. The molecule has 1 atom stereocenters. The van der Waals surface area contributed by atoms with Gasteiger partial charge in [0.25, 0.3) is 0 Å². The van der Waals surface area contributed by atoms with Crippen LogP contribution in [-0.2, 0) is 0 Å². The molecule has 0 fully saturated rings. The van der Waals surface area contributed by atoms with Gasteiger partial charge < -0.3 is 9.52 Å². The van der Waals surface area contributed by atoms with E-state index in [9.17, 15) is 5.11 Å². The summed E-state index contributed by atoms with van der Waals surface area (Å²) in [6, 6.07) is 11.6. The Kier molecular flexibility index (Phi) is 3.12. The summed E-state index contributed by atoms with van der Waals surface area (Å²) in [7, 11) is 0. The molecule has 0 amide bonds. The van der Waals surface area contributed by atoms with Crippen LogP contribution in [0.5, 0.6) is 0 Å². The minimum absolute atomic E-state index is 0.559. The topological polar surface area (TPSA) is 46.3 Å². The Morgan fingerprint density at radius 1 is 1.26 bits per heavy atom. The molecule has 19 heavy (non-hydrogen) atoms. The molecule has 3 nitrogen and oxygen atoms in total. The molecule has 0 aliphatic rings. The van der Waals surface area contributed by atoms with Crippen LogP contribution in [0, 0.1) is 0 Å². The number of hydrogen-bond donors (Lipinski definition) is 1. The van der Waals surface area contributed by atoms with Crippen molar-refractivity contribution in [2.45, 2.75) is 13.0 Å². The molecule has 2 heterocycles. The zero-order chi connectivity index (χ0) is 13.4. The molecule has 1 aromatic carbocycles. The van der Waals surface area contributed by atoms with E-state index in [4.69, 9.17) is 4.42 Å². The van der Waals surface area contributed by atoms with Gasteiger partial charge in [-0.3, -0.25) is 4.98 Å². The van der Waals surface area contributed by atoms with Crippen LogP contribution in [0.2, 0.25) is 0 Å². The van der Waals surface area contributed by atoms with Gasteiger partial charge in [-0.15, -0.1) is 0 Å². The van der Waals surface area contributed by atoms with Crippen LogP contribution in [0.4, 0.5) is 0 Å². The van der Waals surface area contributed by atoms with Crippen LogP contribution in [0.15, 0.2) is 51.5 Å². The van der Waals surface area contributed by atoms with Gasteiger partial charge in [-0.1, -0.05) is 12.1 Å². The second-order valence-electron chi connectivity index (χ2n) is 4.41. The number of furan rings is 1. The highest BCUT2D eigenvalue weighted by Gasteiger charge is 2.11. The molecule has 96 valence electrons. The lowest BCUT2D eigenvalue weighted by Crippen LogP contribution is -1.86. The Labute approximate surface area is 119 Å². The maximum Gasteiger partial charge on any atom is 0.136 e. The zero-order valence-corrected chi connectivity index (χ0v) is 11.9. The average molecular weight is 318 g/mol. The molecule has 3 rings (SSSR count). The molecule has 0 aliphatic heterocycles. The quantitative estimate of drug-likeness (QED) is 0.766. The van der Waals surface area contributed by atoms with E-state index in [1.807, 2.05) is 30.3 Å². The number of pyridine rings is 1. The number of benzene rings is 1. The minimum Gasteiger partial charge on any atom is -0.458 e. The monoisotopic (exact) mass is 317 g/mol. The molecule has 2 aromatic heterocycles. The van der Waals surface area contributed by atoms with Crippen LogP contribution in [-0.4, -0.2) is 10.1 Å². The van der Waals surface area contributed by atoms with Gasteiger partial charge in [0.1, 0.15) is 17.6 Å². The van der Waals surface area contributed by atoms with Gasteiger partial charge in [0.15, 0.2) is 0 Å². The van der Waals surface area contributed by atoms with Crippen molar-refractivity contribution in [2.75, 3.05) is 0 Å². The highest BCUT2D eigenvalue weighted by molar-refractivity contribution is 9.10. The fourth-order valence-electron chi connectivity index (χ4n) is 2.05. The lowest BCUT2D eigenvalue weighted by molar-refractivity contribution is 0.170. The van der Waals surface area contributed by atoms with Gasteiger partial charge in [-0.2, -0.15) is 0 Å². The van der Waals surface area contributed by atoms with Gasteiger partial charge >= 0.3 is 0 Å². The van der Waals surface area contributed by atoms with E-state index in [1.54, 1.807) is 19.2 Å². The Bertz CT molecular complexity index is 734. The van der Waals surface area contributed by atoms with E-state index in [0.29, 0.717) is 5.76 Å². The van der Waals surface area contributed by atoms with E-state index in [1.165, 1.54) is 0 Å². The van der Waals surface area contributed by atoms with Crippen molar-refractivity contribution in [3.05, 3.63) is 52.8 Å². The number of para-hydroxylation sites is 1. The standard InChI is InChI=1S/C15H12BrNO2/c1-9(18)13-5-6-14(19-13)12-4-2-3-10-7-11(16)8-17-15(10)12/h2-9,18H,1H3. The summed E-state index contributed by atoms with van der Waals surface area (Å²) in [6.07, 6.45) is 1.16. The fraction of sp³-hybridized carbons (Fsp3) is 0.133. The van der Waals surface area contributed by atoms with E-state index in [0.717, 1.165) is 26.7 Å². The summed E-state index contributed by atoms with van der Waals surface area (Å²) in [5.74, 6) is 1.28. The second-order valence-corrected chi connectivity index (χ2v) is 5.32. The number of halogens is 1. The van der Waals surface area contributed by atoms with Crippen molar-refractivity contribution >= 4 is 26.8 Å². The Morgan fingerprint density at radius 3 is 2.84 bits per heavy atom. The molecule has 0 spiro atoms. The molecule has 0 bridgehead atoms. The highest BCUT2D eigenvalue weighted by atomic mass is 79.9. The van der Waals surface area contributed by atoms with E-state index in [-0.39, 0.29) is 0 Å². The lowest BCUT2D eigenvalue weighted by atomic mass is 10.1. The van der Waals surface area contributed by atoms with Crippen molar-refractivity contribution < 1.29 is 9.52 Å². The van der Waals surface area contributed by atoms with Gasteiger partial charge in [0, 0.05) is 21.6 Å². The number of hydrogen-bond acceptors (Lipinski definition) is 3. The molecule has 1 N–H and O–H groups in total. The normalized spacial score (nSPS) is 12.8. The summed E-state index contributed by atoms with van der Waals surface area (Å²) in [4.78, 5) is 4.44. The number of aromatic nitrogens is 1. The SMILES string of the molecule is CC(O)c1ccc(-c2cccc3cc(Br)cnc23)o1. The number of nitrogens with zero attached hydrogens (tertiary/aromatic N) is 1. The summed E-state index contributed by atoms with van der Waals surface area (Å²) in [5, 5.41) is 10.6. The van der Waals surface area contributed by atoms with E-state index in [2.05, 4.69) is 20.9 Å². The molecule has 0 saturated carbocycles. The van der Waals surface area contributed by atoms with Gasteiger partial charge in [-0.05, 0) is 47.1 Å². The summed E-state index contributed by atoms with van der Waals surface area (Å²) in [6.45, 7) is 1.68. The number of aliphatic hydroxyl groups is 1. The number of fused-ring (bicyclic) bond motifs is 1. The van der Waals surface area contributed by atoms with Crippen molar-refractivity contribution in [3.8, 4) is 11.3 Å². The fourth-order valence-corrected chi connectivity index (χ4v) is 2.40. The summed E-state index contributed by atoms with van der Waals surface area (Å²) >= 11 is 3.42. The minimum atomic E-state index is -0.606. The van der Waals surface area contributed by atoms with Crippen LogP contribution in [0.25, 0.3) is 22.2 Å². The summed E-state index contributed by atoms with van der Waals surface area (Å²) in [5.41, 5.74) is 1.81.